The highest BCUT2D eigenvalue weighted by Gasteiger charge is 2.63. The standard InChI is InChI=1S/C29H35ClN2O6/c1-28(2,3)31-24(34)15-9-8-14-16(21(15)26(31)36)12-17-22(27(37)32(25(17)35)29(4,5)6)20(14)13-10-18(30)23(33)19(11-13)38-7/h8,10-11,15-17,20-22,33H,9,12H2,1-7H3. The number of likely N-dealkylation sites (tertiary alicyclic amines) is 2. The molecule has 1 N–H and O–H groups in total. The van der Waals surface area contributed by atoms with Crippen molar-refractivity contribution in [2.75, 3.05) is 7.11 Å². The molecule has 1 aromatic rings. The predicted molar refractivity (Wildman–Crippen MR) is 140 cm³/mol. The molecule has 2 heterocycles. The van der Waals surface area contributed by atoms with Crippen molar-refractivity contribution in [2.24, 2.45) is 29.6 Å². The highest BCUT2D eigenvalue weighted by Crippen LogP contribution is 2.59. The molecule has 9 heteroatoms. The Morgan fingerprint density at radius 1 is 0.842 bits per heavy atom. The number of methoxy groups -OCH3 is 1. The first-order valence-corrected chi connectivity index (χ1v) is 13.5. The molecule has 6 atom stereocenters. The average molecular weight is 543 g/mol. The molecule has 1 aromatic carbocycles. The second-order valence-electron chi connectivity index (χ2n) is 12.9. The maximum absolute atomic E-state index is 13.9. The molecular weight excluding hydrogens is 508 g/mol. The number of phenols is 1. The number of imide groups is 2. The van der Waals surface area contributed by atoms with Crippen molar-refractivity contribution in [2.45, 2.75) is 71.4 Å². The first-order valence-electron chi connectivity index (χ1n) is 13.1. The van der Waals surface area contributed by atoms with Crippen LogP contribution in [0.5, 0.6) is 11.5 Å². The molecular formula is C29H35ClN2O6. The van der Waals surface area contributed by atoms with Crippen molar-refractivity contribution in [3.05, 3.63) is 34.4 Å². The maximum atomic E-state index is 13.9. The number of amides is 4. The average Bonchev–Trinajstić information content (AvgIpc) is 3.23. The van der Waals surface area contributed by atoms with Crippen LogP contribution in [0.3, 0.4) is 0 Å². The lowest BCUT2D eigenvalue weighted by molar-refractivity contribution is -0.147. The molecule has 0 spiro atoms. The van der Waals surface area contributed by atoms with Crippen molar-refractivity contribution < 1.29 is 29.0 Å². The molecule has 38 heavy (non-hydrogen) atoms. The van der Waals surface area contributed by atoms with Gasteiger partial charge in [0.2, 0.25) is 23.6 Å². The zero-order valence-electron chi connectivity index (χ0n) is 22.9. The van der Waals surface area contributed by atoms with E-state index in [1.807, 2.05) is 47.6 Å². The van der Waals surface area contributed by atoms with Gasteiger partial charge in [-0.2, -0.15) is 0 Å². The van der Waals surface area contributed by atoms with E-state index in [4.69, 9.17) is 16.3 Å². The van der Waals surface area contributed by atoms with Crippen molar-refractivity contribution in [1.29, 1.82) is 0 Å². The molecule has 6 unspecified atom stereocenters. The number of hydrogen-bond donors (Lipinski definition) is 1. The molecule has 2 saturated heterocycles. The number of rotatable bonds is 2. The van der Waals surface area contributed by atoms with Gasteiger partial charge in [0, 0.05) is 17.0 Å². The molecule has 2 aliphatic heterocycles. The summed E-state index contributed by atoms with van der Waals surface area (Å²) in [5.74, 6) is -4.28. The van der Waals surface area contributed by atoms with Crippen molar-refractivity contribution in [3.8, 4) is 11.5 Å². The van der Waals surface area contributed by atoms with Gasteiger partial charge in [0.1, 0.15) is 0 Å². The molecule has 4 amide bonds. The molecule has 4 aliphatic rings. The summed E-state index contributed by atoms with van der Waals surface area (Å²) in [7, 11) is 1.42. The molecule has 0 bridgehead atoms. The van der Waals surface area contributed by atoms with Gasteiger partial charge in [0.25, 0.3) is 0 Å². The van der Waals surface area contributed by atoms with E-state index in [9.17, 15) is 24.3 Å². The van der Waals surface area contributed by atoms with E-state index in [1.54, 1.807) is 12.1 Å². The Kier molecular flexibility index (Phi) is 6.02. The minimum absolute atomic E-state index is 0.0720. The van der Waals surface area contributed by atoms with Crippen LogP contribution < -0.4 is 4.74 Å². The van der Waals surface area contributed by atoms with Gasteiger partial charge >= 0.3 is 0 Å². The topological polar surface area (TPSA) is 104 Å². The van der Waals surface area contributed by atoms with E-state index >= 15 is 0 Å². The summed E-state index contributed by atoms with van der Waals surface area (Å²) in [5.41, 5.74) is 0.132. The van der Waals surface area contributed by atoms with Crippen molar-refractivity contribution >= 4 is 35.2 Å². The van der Waals surface area contributed by atoms with Crippen LogP contribution in [0.25, 0.3) is 0 Å². The summed E-state index contributed by atoms with van der Waals surface area (Å²) in [4.78, 5) is 57.6. The van der Waals surface area contributed by atoms with Gasteiger partial charge in [-0.25, -0.2) is 0 Å². The fraction of sp³-hybridized carbons (Fsp3) is 0.586. The Balaban J connectivity index is 1.69. The number of hydrogen-bond acceptors (Lipinski definition) is 6. The lowest BCUT2D eigenvalue weighted by Crippen LogP contribution is -2.47. The number of aromatic hydroxyl groups is 1. The normalized spacial score (nSPS) is 31.3. The number of nitrogens with zero attached hydrogens (tertiary/aromatic N) is 2. The summed E-state index contributed by atoms with van der Waals surface area (Å²) < 4.78 is 5.36. The minimum atomic E-state index is -0.718. The zero-order valence-corrected chi connectivity index (χ0v) is 23.6. The lowest BCUT2D eigenvalue weighted by atomic mass is 9.57. The van der Waals surface area contributed by atoms with Gasteiger partial charge in [-0.3, -0.25) is 29.0 Å². The van der Waals surface area contributed by atoms with Gasteiger partial charge in [-0.15, -0.1) is 0 Å². The van der Waals surface area contributed by atoms with Crippen molar-refractivity contribution in [1.82, 2.24) is 9.80 Å². The summed E-state index contributed by atoms with van der Waals surface area (Å²) in [6.45, 7) is 11.0. The second-order valence-corrected chi connectivity index (χ2v) is 13.4. The lowest BCUT2D eigenvalue weighted by Gasteiger charge is -2.44. The molecule has 5 rings (SSSR count). The van der Waals surface area contributed by atoms with Gasteiger partial charge in [-0.1, -0.05) is 23.3 Å². The smallest absolute Gasteiger partial charge is 0.234 e. The van der Waals surface area contributed by atoms with Crippen LogP contribution in [-0.2, 0) is 19.2 Å². The molecule has 1 saturated carbocycles. The Labute approximate surface area is 227 Å². The third kappa shape index (κ3) is 3.70. The first-order chi connectivity index (χ1) is 17.6. The van der Waals surface area contributed by atoms with Gasteiger partial charge in [0.05, 0.1) is 35.8 Å². The molecule has 8 nitrogen and oxygen atoms in total. The molecule has 0 aromatic heterocycles. The van der Waals surface area contributed by atoms with E-state index in [0.29, 0.717) is 18.4 Å². The third-order valence-corrected chi connectivity index (χ3v) is 8.91. The maximum Gasteiger partial charge on any atom is 0.234 e. The monoisotopic (exact) mass is 542 g/mol. The molecule has 3 fully saturated rings. The summed E-state index contributed by atoms with van der Waals surface area (Å²) in [6, 6.07) is 3.26. The van der Waals surface area contributed by atoms with Gasteiger partial charge in [0.15, 0.2) is 11.5 Å². The fourth-order valence-electron chi connectivity index (χ4n) is 7.21. The molecule has 0 radical (unpaired) electrons. The van der Waals surface area contributed by atoms with E-state index in [0.717, 1.165) is 5.57 Å². The Hall–Kier alpha value is -2.87. The summed E-state index contributed by atoms with van der Waals surface area (Å²) in [6.07, 6.45) is 2.70. The minimum Gasteiger partial charge on any atom is -0.503 e. The van der Waals surface area contributed by atoms with Crippen LogP contribution in [-0.4, -0.2) is 56.7 Å². The van der Waals surface area contributed by atoms with Crippen LogP contribution >= 0.6 is 11.6 Å². The third-order valence-electron chi connectivity index (χ3n) is 8.62. The van der Waals surface area contributed by atoms with Crippen LogP contribution in [0, 0.1) is 29.6 Å². The molecule has 2 aliphatic carbocycles. The molecule has 204 valence electrons. The second kappa shape index (κ2) is 8.57. The van der Waals surface area contributed by atoms with Crippen LogP contribution in [0.1, 0.15) is 65.9 Å². The van der Waals surface area contributed by atoms with Gasteiger partial charge in [-0.05, 0) is 78.0 Å². The SMILES string of the molecule is COc1cc(C2C3=CCC4C(=O)N(C(C)(C)C)C(=O)C4C3CC3C(=O)N(C(C)(C)C)C(=O)C32)cc(Cl)c1O. The number of benzene rings is 1. The highest BCUT2D eigenvalue weighted by atomic mass is 35.5. The Morgan fingerprint density at radius 3 is 1.95 bits per heavy atom. The van der Waals surface area contributed by atoms with Crippen LogP contribution in [0.15, 0.2) is 23.8 Å². The number of allylic oxidation sites excluding steroid dienone is 2. The van der Waals surface area contributed by atoms with E-state index < -0.39 is 40.7 Å². The van der Waals surface area contributed by atoms with Crippen LogP contribution in [0.2, 0.25) is 5.02 Å². The number of fused-ring (bicyclic) bond motifs is 4. The Morgan fingerprint density at radius 2 is 1.39 bits per heavy atom. The highest BCUT2D eigenvalue weighted by molar-refractivity contribution is 6.32. The zero-order chi connectivity index (χ0) is 28.1. The van der Waals surface area contributed by atoms with Gasteiger partial charge < -0.3 is 9.84 Å². The first kappa shape index (κ1) is 26.7. The quantitative estimate of drug-likeness (QED) is 0.442. The summed E-state index contributed by atoms with van der Waals surface area (Å²) >= 11 is 6.38. The van der Waals surface area contributed by atoms with Crippen LogP contribution in [0.4, 0.5) is 0 Å². The number of carbonyl (C=O) groups is 4. The number of carbonyl (C=O) groups excluding carboxylic acids is 4. The summed E-state index contributed by atoms with van der Waals surface area (Å²) in [5, 5.41) is 10.5. The van der Waals surface area contributed by atoms with Crippen molar-refractivity contribution in [3.63, 3.8) is 0 Å². The number of ether oxygens (including phenoxy) is 1. The fourth-order valence-corrected chi connectivity index (χ4v) is 7.43. The number of halogens is 1. The number of phenolic OH excluding ortho intramolecular Hbond substituents is 1. The van der Waals surface area contributed by atoms with E-state index in [-0.39, 0.29) is 46.1 Å². The van der Waals surface area contributed by atoms with E-state index in [2.05, 4.69) is 0 Å². The Bertz CT molecular complexity index is 1290. The van der Waals surface area contributed by atoms with E-state index in [1.165, 1.54) is 16.9 Å². The predicted octanol–water partition coefficient (Wildman–Crippen LogP) is 4.29. The largest absolute Gasteiger partial charge is 0.503 e.